The normalized spacial score (nSPS) is 17.2. The van der Waals surface area contributed by atoms with E-state index in [0.29, 0.717) is 12.8 Å². The summed E-state index contributed by atoms with van der Waals surface area (Å²) in [6.07, 6.45) is 0.610. The molecule has 0 aliphatic heterocycles. The number of rotatable bonds is 3. The van der Waals surface area contributed by atoms with Crippen LogP contribution in [0.15, 0.2) is 23.1 Å². The highest BCUT2D eigenvalue weighted by atomic mass is 32.2. The van der Waals surface area contributed by atoms with Crippen molar-refractivity contribution in [2.75, 3.05) is 7.11 Å². The van der Waals surface area contributed by atoms with Crippen LogP contribution in [0, 0.1) is 17.1 Å². The first-order valence-corrected chi connectivity index (χ1v) is 6.44. The summed E-state index contributed by atoms with van der Waals surface area (Å²) in [4.78, 5) is -0.171. The number of hydrogen-bond donors (Lipinski definition) is 0. The first kappa shape index (κ1) is 11.9. The van der Waals surface area contributed by atoms with Crippen LogP contribution in [0.2, 0.25) is 0 Å². The molecular weight excluding hydrogens is 245 g/mol. The van der Waals surface area contributed by atoms with Gasteiger partial charge in [-0.1, -0.05) is 0 Å². The van der Waals surface area contributed by atoms with E-state index in [9.17, 15) is 12.8 Å². The highest BCUT2D eigenvalue weighted by Gasteiger charge is 2.56. The molecule has 2 rings (SSSR count). The van der Waals surface area contributed by atoms with Gasteiger partial charge in [-0.05, 0) is 31.0 Å². The molecule has 0 heterocycles. The molecule has 0 spiro atoms. The molecule has 0 N–H and O–H groups in total. The van der Waals surface area contributed by atoms with Crippen molar-refractivity contribution in [3.05, 3.63) is 24.0 Å². The molecular formula is C11H10FNO3S. The summed E-state index contributed by atoms with van der Waals surface area (Å²) in [5, 5.41) is 8.88. The lowest BCUT2D eigenvalue weighted by atomic mass is 10.3. The smallest absolute Gasteiger partial charge is 0.197 e. The number of halogens is 1. The molecule has 0 radical (unpaired) electrons. The zero-order valence-electron chi connectivity index (χ0n) is 9.10. The molecule has 0 bridgehead atoms. The van der Waals surface area contributed by atoms with Crippen molar-refractivity contribution >= 4 is 9.84 Å². The van der Waals surface area contributed by atoms with Crippen LogP contribution in [0.1, 0.15) is 12.8 Å². The third kappa shape index (κ3) is 1.67. The maximum absolute atomic E-state index is 13.4. The van der Waals surface area contributed by atoms with Gasteiger partial charge in [0.05, 0.1) is 18.1 Å². The van der Waals surface area contributed by atoms with Crippen molar-refractivity contribution in [2.24, 2.45) is 0 Å². The van der Waals surface area contributed by atoms with Crippen molar-refractivity contribution in [1.29, 1.82) is 5.26 Å². The molecule has 6 heteroatoms. The van der Waals surface area contributed by atoms with E-state index in [2.05, 4.69) is 0 Å². The average Bonchev–Trinajstić information content (AvgIpc) is 3.10. The Hall–Kier alpha value is -1.61. The van der Waals surface area contributed by atoms with E-state index in [-0.39, 0.29) is 10.6 Å². The molecule has 90 valence electrons. The fraction of sp³-hybridized carbons (Fsp3) is 0.364. The highest BCUT2D eigenvalue weighted by Crippen LogP contribution is 2.46. The lowest BCUT2D eigenvalue weighted by molar-refractivity contribution is 0.385. The lowest BCUT2D eigenvalue weighted by Gasteiger charge is -2.09. The molecule has 0 amide bonds. The summed E-state index contributed by atoms with van der Waals surface area (Å²) in [7, 11) is -2.49. The number of ether oxygens (including phenoxy) is 1. The van der Waals surface area contributed by atoms with Gasteiger partial charge < -0.3 is 4.74 Å². The minimum atomic E-state index is -3.78. The van der Waals surface area contributed by atoms with Crippen molar-refractivity contribution in [2.45, 2.75) is 22.5 Å². The van der Waals surface area contributed by atoms with Gasteiger partial charge in [-0.15, -0.1) is 0 Å². The quantitative estimate of drug-likeness (QED) is 0.823. The zero-order chi connectivity index (χ0) is 12.7. The topological polar surface area (TPSA) is 67.2 Å². The van der Waals surface area contributed by atoms with Crippen molar-refractivity contribution in [3.8, 4) is 11.8 Å². The number of hydrogen-bond acceptors (Lipinski definition) is 4. The lowest BCUT2D eigenvalue weighted by Crippen LogP contribution is -2.21. The Labute approximate surface area is 98.5 Å². The van der Waals surface area contributed by atoms with Crippen LogP contribution in [-0.4, -0.2) is 20.3 Å². The van der Waals surface area contributed by atoms with E-state index < -0.39 is 20.4 Å². The number of nitriles is 1. The predicted molar refractivity (Wildman–Crippen MR) is 57.7 cm³/mol. The molecule has 17 heavy (non-hydrogen) atoms. The molecule has 1 aliphatic carbocycles. The second-order valence-corrected chi connectivity index (χ2v) is 6.17. The standard InChI is InChI=1S/C11H10FNO3S/c1-16-10-3-2-8(6-9(10)12)17(14,15)11(7-13)4-5-11/h2-3,6H,4-5H2,1H3. The van der Waals surface area contributed by atoms with Crippen LogP contribution in [0.5, 0.6) is 5.75 Å². The fourth-order valence-electron chi connectivity index (χ4n) is 1.59. The SMILES string of the molecule is COc1ccc(S(=O)(=O)C2(C#N)CC2)cc1F. The molecule has 1 aromatic rings. The molecule has 1 saturated carbocycles. The summed E-state index contributed by atoms with van der Waals surface area (Å²) in [6.45, 7) is 0. The Morgan fingerprint density at radius 1 is 1.47 bits per heavy atom. The third-order valence-corrected chi connectivity index (χ3v) is 5.26. The second-order valence-electron chi connectivity index (χ2n) is 3.91. The molecule has 1 aromatic carbocycles. The van der Waals surface area contributed by atoms with Gasteiger partial charge in [0.15, 0.2) is 26.2 Å². The molecule has 4 nitrogen and oxygen atoms in total. The van der Waals surface area contributed by atoms with Crippen LogP contribution in [0.4, 0.5) is 4.39 Å². The van der Waals surface area contributed by atoms with Gasteiger partial charge >= 0.3 is 0 Å². The van der Waals surface area contributed by atoms with Gasteiger partial charge in [-0.2, -0.15) is 5.26 Å². The summed E-state index contributed by atoms with van der Waals surface area (Å²) in [5.41, 5.74) is 0. The minimum Gasteiger partial charge on any atom is -0.494 e. The number of methoxy groups -OCH3 is 1. The molecule has 0 saturated heterocycles. The van der Waals surface area contributed by atoms with E-state index in [0.717, 1.165) is 6.07 Å². The van der Waals surface area contributed by atoms with E-state index >= 15 is 0 Å². The summed E-state index contributed by atoms with van der Waals surface area (Å²) in [5.74, 6) is -0.770. The van der Waals surface area contributed by atoms with Crippen LogP contribution in [0.25, 0.3) is 0 Å². The van der Waals surface area contributed by atoms with E-state index in [4.69, 9.17) is 10.00 Å². The third-order valence-electron chi connectivity index (χ3n) is 2.86. The summed E-state index contributed by atoms with van der Waals surface area (Å²) < 4.78 is 40.9. The van der Waals surface area contributed by atoms with Crippen LogP contribution < -0.4 is 4.74 Å². The molecule has 0 atom stereocenters. The van der Waals surface area contributed by atoms with Crippen LogP contribution in [-0.2, 0) is 9.84 Å². The van der Waals surface area contributed by atoms with E-state index in [1.807, 2.05) is 0 Å². The summed E-state index contributed by atoms with van der Waals surface area (Å²) >= 11 is 0. The van der Waals surface area contributed by atoms with Crippen molar-refractivity contribution in [1.82, 2.24) is 0 Å². The van der Waals surface area contributed by atoms with E-state index in [1.165, 1.54) is 19.2 Å². The monoisotopic (exact) mass is 255 g/mol. The van der Waals surface area contributed by atoms with Gasteiger partial charge in [0.1, 0.15) is 0 Å². The first-order valence-electron chi connectivity index (χ1n) is 4.96. The molecule has 0 aromatic heterocycles. The average molecular weight is 255 g/mol. The van der Waals surface area contributed by atoms with Crippen LogP contribution >= 0.6 is 0 Å². The van der Waals surface area contributed by atoms with Crippen molar-refractivity contribution in [3.63, 3.8) is 0 Å². The van der Waals surface area contributed by atoms with Gasteiger partial charge in [0.2, 0.25) is 0 Å². The largest absolute Gasteiger partial charge is 0.494 e. The maximum atomic E-state index is 13.4. The Balaban J connectivity index is 2.49. The highest BCUT2D eigenvalue weighted by molar-refractivity contribution is 7.93. The number of benzene rings is 1. The fourth-order valence-corrected chi connectivity index (χ4v) is 3.31. The van der Waals surface area contributed by atoms with Gasteiger partial charge in [-0.3, -0.25) is 0 Å². The van der Waals surface area contributed by atoms with Gasteiger partial charge in [0, 0.05) is 0 Å². The molecule has 0 unspecified atom stereocenters. The first-order chi connectivity index (χ1) is 7.97. The van der Waals surface area contributed by atoms with Crippen LogP contribution in [0.3, 0.4) is 0 Å². The van der Waals surface area contributed by atoms with Gasteiger partial charge in [-0.25, -0.2) is 12.8 Å². The minimum absolute atomic E-state index is 0.0224. The Morgan fingerprint density at radius 2 is 2.12 bits per heavy atom. The molecule has 1 fully saturated rings. The Morgan fingerprint density at radius 3 is 2.53 bits per heavy atom. The second kappa shape index (κ2) is 3.70. The number of sulfone groups is 1. The maximum Gasteiger partial charge on any atom is 0.197 e. The van der Waals surface area contributed by atoms with E-state index in [1.54, 1.807) is 6.07 Å². The summed E-state index contributed by atoms with van der Waals surface area (Å²) in [6, 6.07) is 5.20. The number of nitrogens with zero attached hydrogens (tertiary/aromatic N) is 1. The molecule has 1 aliphatic rings. The Bertz CT molecular complexity index is 600. The Kier molecular flexibility index (Phi) is 2.59. The van der Waals surface area contributed by atoms with Gasteiger partial charge in [0.25, 0.3) is 0 Å². The zero-order valence-corrected chi connectivity index (χ0v) is 9.92. The van der Waals surface area contributed by atoms with Crippen molar-refractivity contribution < 1.29 is 17.5 Å². The predicted octanol–water partition coefficient (Wildman–Crippen LogP) is 1.66.